The van der Waals surface area contributed by atoms with E-state index >= 15 is 0 Å². The first-order valence-corrected chi connectivity index (χ1v) is 5.36. The highest BCUT2D eigenvalue weighted by Gasteiger charge is 2.23. The molecule has 1 heterocycles. The van der Waals surface area contributed by atoms with Crippen LogP contribution in [0.1, 0.15) is 21.3 Å². The second kappa shape index (κ2) is 4.79. The molecule has 0 amide bonds. The van der Waals surface area contributed by atoms with Crippen LogP contribution in [0, 0.1) is 0 Å². The van der Waals surface area contributed by atoms with Crippen molar-refractivity contribution in [2.24, 2.45) is 0 Å². The number of aromatic carboxylic acids is 1. The van der Waals surface area contributed by atoms with E-state index in [1.54, 1.807) is 5.38 Å². The number of thiol groups is 1. The van der Waals surface area contributed by atoms with Crippen molar-refractivity contribution in [1.29, 1.82) is 0 Å². The van der Waals surface area contributed by atoms with Crippen LogP contribution in [0.15, 0.2) is 11.4 Å². The first-order valence-electron chi connectivity index (χ1n) is 3.85. The Balaban J connectivity index is 2.94. The molecule has 0 radical (unpaired) electrons. The summed E-state index contributed by atoms with van der Waals surface area (Å²) < 4.78 is 0. The molecule has 6 heteroatoms. The van der Waals surface area contributed by atoms with Gasteiger partial charge in [-0.05, 0) is 11.4 Å². The van der Waals surface area contributed by atoms with Crippen LogP contribution in [0.5, 0.6) is 0 Å². The zero-order valence-corrected chi connectivity index (χ0v) is 8.83. The number of carboxylic acid groups (broad SMARTS) is 1. The van der Waals surface area contributed by atoms with E-state index < -0.39 is 18.2 Å². The third kappa shape index (κ3) is 2.27. The van der Waals surface area contributed by atoms with Gasteiger partial charge in [-0.25, -0.2) is 4.79 Å². The van der Waals surface area contributed by atoms with Crippen molar-refractivity contribution in [3.63, 3.8) is 0 Å². The van der Waals surface area contributed by atoms with Gasteiger partial charge >= 0.3 is 5.97 Å². The van der Waals surface area contributed by atoms with Gasteiger partial charge in [0, 0.05) is 5.75 Å². The fraction of sp³-hybridized carbons (Fsp3) is 0.375. The maximum Gasteiger partial charge on any atom is 0.336 e. The summed E-state index contributed by atoms with van der Waals surface area (Å²) in [6.45, 7) is 0. The van der Waals surface area contributed by atoms with Crippen LogP contribution in [-0.4, -0.2) is 33.1 Å². The second-order valence-electron chi connectivity index (χ2n) is 2.70. The fourth-order valence-corrected chi connectivity index (χ4v) is 2.13. The van der Waals surface area contributed by atoms with Crippen LogP contribution in [0.4, 0.5) is 0 Å². The third-order valence-electron chi connectivity index (χ3n) is 1.75. The van der Waals surface area contributed by atoms with Gasteiger partial charge in [0.05, 0.1) is 16.5 Å². The van der Waals surface area contributed by atoms with Gasteiger partial charge < -0.3 is 15.3 Å². The lowest BCUT2D eigenvalue weighted by atomic mass is 10.1. The Morgan fingerprint density at radius 2 is 2.21 bits per heavy atom. The average Bonchev–Trinajstić information content (AvgIpc) is 2.63. The molecule has 1 rings (SSSR count). The summed E-state index contributed by atoms with van der Waals surface area (Å²) in [5.41, 5.74) is 0.0309. The molecule has 4 nitrogen and oxygen atoms in total. The van der Waals surface area contributed by atoms with Crippen LogP contribution < -0.4 is 0 Å². The Labute approximate surface area is 90.2 Å². The van der Waals surface area contributed by atoms with Gasteiger partial charge in [-0.1, -0.05) is 0 Å². The van der Waals surface area contributed by atoms with E-state index in [0.29, 0.717) is 0 Å². The predicted molar refractivity (Wildman–Crippen MR) is 56.1 cm³/mol. The number of aliphatic hydroxyl groups is 2. The molecular formula is C8H10O4S2. The number of hydrogen-bond donors (Lipinski definition) is 4. The maximum absolute atomic E-state index is 10.7. The molecule has 0 saturated carbocycles. The van der Waals surface area contributed by atoms with E-state index in [1.807, 2.05) is 0 Å². The molecule has 0 aliphatic heterocycles. The first kappa shape index (κ1) is 11.5. The van der Waals surface area contributed by atoms with Crippen molar-refractivity contribution in [2.75, 3.05) is 5.75 Å². The Morgan fingerprint density at radius 3 is 2.71 bits per heavy atom. The van der Waals surface area contributed by atoms with Crippen LogP contribution in [-0.2, 0) is 0 Å². The highest BCUT2D eigenvalue weighted by molar-refractivity contribution is 7.80. The van der Waals surface area contributed by atoms with E-state index in [4.69, 9.17) is 5.11 Å². The molecule has 14 heavy (non-hydrogen) atoms. The van der Waals surface area contributed by atoms with E-state index in [-0.39, 0.29) is 16.2 Å². The molecule has 0 fully saturated rings. The van der Waals surface area contributed by atoms with Crippen LogP contribution in [0.25, 0.3) is 0 Å². The molecule has 0 bridgehead atoms. The monoisotopic (exact) mass is 234 g/mol. The number of hydrogen-bond acceptors (Lipinski definition) is 5. The van der Waals surface area contributed by atoms with Gasteiger partial charge in [0.25, 0.3) is 0 Å². The molecule has 0 saturated heterocycles. The molecule has 78 valence electrons. The lowest BCUT2D eigenvalue weighted by Crippen LogP contribution is -2.20. The predicted octanol–water partition coefficient (Wildman–Crippen LogP) is 0.770. The van der Waals surface area contributed by atoms with E-state index in [9.17, 15) is 15.0 Å². The van der Waals surface area contributed by atoms with Crippen molar-refractivity contribution in [3.8, 4) is 0 Å². The molecule has 1 aromatic rings. The SMILES string of the molecule is O=C(O)c1ccsc1C(O)C(O)CS. The molecule has 2 unspecified atom stereocenters. The summed E-state index contributed by atoms with van der Waals surface area (Å²) >= 11 is 4.92. The molecule has 0 aliphatic rings. The minimum absolute atomic E-state index is 0.0309. The lowest BCUT2D eigenvalue weighted by molar-refractivity contribution is 0.0346. The highest BCUT2D eigenvalue weighted by atomic mass is 32.1. The Morgan fingerprint density at radius 1 is 1.57 bits per heavy atom. The third-order valence-corrected chi connectivity index (χ3v) is 3.11. The number of rotatable bonds is 4. The summed E-state index contributed by atoms with van der Waals surface area (Å²) in [6.07, 6.45) is -2.23. The highest BCUT2D eigenvalue weighted by Crippen LogP contribution is 2.27. The zero-order chi connectivity index (χ0) is 10.7. The van der Waals surface area contributed by atoms with Gasteiger partial charge in [0.2, 0.25) is 0 Å². The summed E-state index contributed by atoms with van der Waals surface area (Å²) in [4.78, 5) is 11.0. The van der Waals surface area contributed by atoms with Gasteiger partial charge in [-0.3, -0.25) is 0 Å². The van der Waals surface area contributed by atoms with Gasteiger partial charge in [0.1, 0.15) is 6.10 Å². The topological polar surface area (TPSA) is 77.8 Å². The second-order valence-corrected chi connectivity index (χ2v) is 4.01. The smallest absolute Gasteiger partial charge is 0.336 e. The standard InChI is InChI=1S/C8H10O4S2/c9-5(3-13)6(10)7-4(8(11)12)1-2-14-7/h1-2,5-6,9-10,13H,3H2,(H,11,12). The minimum atomic E-state index is -1.18. The number of carboxylic acids is 1. The fourth-order valence-electron chi connectivity index (χ4n) is 1.00. The number of aliphatic hydroxyl groups excluding tert-OH is 2. The summed E-state index contributed by atoms with van der Waals surface area (Å²) in [5, 5.41) is 29.2. The Hall–Kier alpha value is -0.560. The van der Waals surface area contributed by atoms with Crippen molar-refractivity contribution in [1.82, 2.24) is 0 Å². The number of thiophene rings is 1. The quantitative estimate of drug-likeness (QED) is 0.580. The van der Waals surface area contributed by atoms with E-state index in [0.717, 1.165) is 11.3 Å². The normalized spacial score (nSPS) is 15.1. The molecular weight excluding hydrogens is 224 g/mol. The van der Waals surface area contributed by atoms with Gasteiger partial charge in [-0.2, -0.15) is 12.6 Å². The van der Waals surface area contributed by atoms with E-state index in [1.165, 1.54) is 6.07 Å². The summed E-state index contributed by atoms with van der Waals surface area (Å²) in [6, 6.07) is 1.40. The van der Waals surface area contributed by atoms with Gasteiger partial charge in [0.15, 0.2) is 0 Å². The van der Waals surface area contributed by atoms with Gasteiger partial charge in [-0.15, -0.1) is 11.3 Å². The molecule has 0 spiro atoms. The largest absolute Gasteiger partial charge is 0.478 e. The Kier molecular flexibility index (Phi) is 3.94. The number of carbonyl (C=O) groups is 1. The van der Waals surface area contributed by atoms with Crippen molar-refractivity contribution >= 4 is 29.9 Å². The maximum atomic E-state index is 10.7. The molecule has 0 aromatic carbocycles. The molecule has 0 aliphatic carbocycles. The lowest BCUT2D eigenvalue weighted by Gasteiger charge is -2.14. The van der Waals surface area contributed by atoms with Crippen LogP contribution >= 0.6 is 24.0 Å². The summed E-state index contributed by atoms with van der Waals surface area (Å²) in [7, 11) is 0. The summed E-state index contributed by atoms with van der Waals surface area (Å²) in [5.74, 6) is -1.02. The first-order chi connectivity index (χ1) is 6.57. The van der Waals surface area contributed by atoms with Crippen molar-refractivity contribution < 1.29 is 20.1 Å². The zero-order valence-electron chi connectivity index (χ0n) is 7.12. The molecule has 3 N–H and O–H groups in total. The molecule has 1 aromatic heterocycles. The van der Waals surface area contributed by atoms with Crippen molar-refractivity contribution in [2.45, 2.75) is 12.2 Å². The average molecular weight is 234 g/mol. The molecule has 2 atom stereocenters. The minimum Gasteiger partial charge on any atom is -0.478 e. The van der Waals surface area contributed by atoms with E-state index in [2.05, 4.69) is 12.6 Å². The van der Waals surface area contributed by atoms with Crippen molar-refractivity contribution in [3.05, 3.63) is 21.9 Å². The van der Waals surface area contributed by atoms with Crippen LogP contribution in [0.2, 0.25) is 0 Å². The van der Waals surface area contributed by atoms with Crippen LogP contribution in [0.3, 0.4) is 0 Å². The Bertz CT molecular complexity index is 323.